The van der Waals surface area contributed by atoms with Crippen molar-refractivity contribution < 1.29 is 117 Å². The molecule has 7 N–H and O–H groups in total. The quantitative estimate of drug-likeness (QED) is 0.0618. The average molecular weight is 1260 g/mol. The second kappa shape index (κ2) is 30.4. The van der Waals surface area contributed by atoms with Crippen molar-refractivity contribution >= 4 is 35.8 Å². The van der Waals surface area contributed by atoms with Gasteiger partial charge in [-0.15, -0.1) is 0 Å². The third kappa shape index (κ3) is 17.8. The number of nitrogens with zero attached hydrogens (tertiary/aromatic N) is 9. The second-order valence-corrected chi connectivity index (χ2v) is 23.7. The van der Waals surface area contributed by atoms with Crippen LogP contribution < -0.4 is 68.6 Å². The standard InChI is InChI=1S/C20H24F2N4O2.C19H22F2N4O3.C19H23FN4O4.2CH4.CH3.K/c1-20(2,3)8-16(27)25-10-14(9-21)26-15(11-25)17(19(23)28)18(24-26)12-5-4-6-13(22)7-12;1-19(2,3)28-18(27)24-9-13(8-20)25-14(10-24)15(17(22)26)16(23-25)11-5-4-6-12(21)7-11;1-19(2,3)28-18(27)23-8-13(10-25)24-14(9-23)15(17(21)26)16(22-24)11-5-4-6-12(20)7-11;;;;/h4-7,14H,8-11H2,1-3H3,(H2,23,28);4-7,13H,8-10H2,1-3H3,(H2,22,26);4-7,13,25H,8-10H2,1-3H3,(H2,21,26);2*1H4;1H3;/q;;;;;-1;+1. The number of halogens is 5. The number of hydrogen-bond donors (Lipinski definition) is 4. The summed E-state index contributed by atoms with van der Waals surface area (Å²) in [6.45, 7) is 14.8. The van der Waals surface area contributed by atoms with E-state index in [1.54, 1.807) is 59.7 Å². The number of primary amides is 3. The van der Waals surface area contributed by atoms with Gasteiger partial charge < -0.3 is 53.9 Å². The first kappa shape index (κ1) is 75.2. The summed E-state index contributed by atoms with van der Waals surface area (Å²) in [5.74, 6) is -3.87. The maximum atomic E-state index is 13.8. The van der Waals surface area contributed by atoms with E-state index < -0.39 is 90.0 Å². The SMILES string of the molecule is C.C.CC(C)(C)CC(=O)N1Cc2c(C(N)=O)c(-c3cccc(F)c3)nn2C(CF)C1.CC(C)(C)OC(=O)N1Cc2c(C(N)=O)c(-c3cccc(F)c3)nn2C(CF)C1.CC(C)(C)OC(=O)N1Cc2c(C(N)=O)c(-c3cccc(F)c3)nn2C(CO)C1.[CH3-].[K+]. The van der Waals surface area contributed by atoms with E-state index >= 15 is 0 Å². The molecule has 21 nitrogen and oxygen atoms in total. The fourth-order valence-corrected chi connectivity index (χ4v) is 9.84. The summed E-state index contributed by atoms with van der Waals surface area (Å²) in [5.41, 5.74) is 18.0. The summed E-state index contributed by atoms with van der Waals surface area (Å²) in [5, 5.41) is 22.9. The Bertz CT molecular complexity index is 3120. The van der Waals surface area contributed by atoms with E-state index in [-0.39, 0.29) is 165 Å². The summed E-state index contributed by atoms with van der Waals surface area (Å²) in [4.78, 5) is 78.5. The van der Waals surface area contributed by atoms with Crippen LogP contribution in [0.1, 0.15) is 150 Å². The van der Waals surface area contributed by atoms with Crippen LogP contribution in [-0.4, -0.2) is 136 Å². The number of ether oxygens (including phenoxy) is 2. The van der Waals surface area contributed by atoms with Crippen LogP contribution in [-0.2, 0) is 33.9 Å². The summed E-state index contributed by atoms with van der Waals surface area (Å²) in [7, 11) is 0. The minimum atomic E-state index is -0.811. The van der Waals surface area contributed by atoms with Gasteiger partial charge in [-0.2, -0.15) is 15.3 Å². The summed E-state index contributed by atoms with van der Waals surface area (Å²) in [6, 6.07) is 14.7. The van der Waals surface area contributed by atoms with Crippen molar-refractivity contribution in [1.82, 2.24) is 44.0 Å². The zero-order valence-corrected chi connectivity index (χ0v) is 53.2. The average Bonchev–Trinajstić information content (AvgIpc) is 2.82. The van der Waals surface area contributed by atoms with Crippen molar-refractivity contribution in [2.45, 2.75) is 133 Å². The second-order valence-electron chi connectivity index (χ2n) is 23.7. The number of carbonyl (C=O) groups is 6. The summed E-state index contributed by atoms with van der Waals surface area (Å²) in [6.07, 6.45) is -0.898. The van der Waals surface area contributed by atoms with Gasteiger partial charge in [-0.05, 0) is 83.4 Å². The Labute approximate surface area is 552 Å². The van der Waals surface area contributed by atoms with Crippen molar-refractivity contribution in [3.63, 3.8) is 0 Å². The zero-order chi connectivity index (χ0) is 61.9. The van der Waals surface area contributed by atoms with E-state index in [4.69, 9.17) is 26.7 Å². The molecule has 0 saturated heterocycles. The first-order valence-corrected chi connectivity index (χ1v) is 26.8. The Morgan fingerprint density at radius 3 is 1.10 bits per heavy atom. The zero-order valence-electron chi connectivity index (χ0n) is 50.1. The third-order valence-corrected chi connectivity index (χ3v) is 13.3. The van der Waals surface area contributed by atoms with E-state index in [1.807, 2.05) is 20.8 Å². The van der Waals surface area contributed by atoms with Gasteiger partial charge in [0, 0.05) is 42.7 Å². The topological polar surface area (TPSA) is 282 Å². The van der Waals surface area contributed by atoms with Gasteiger partial charge in [0.2, 0.25) is 5.91 Å². The largest absolute Gasteiger partial charge is 1.00 e. The van der Waals surface area contributed by atoms with Gasteiger partial charge in [-0.1, -0.05) is 72.0 Å². The maximum Gasteiger partial charge on any atom is 1.00 e. The van der Waals surface area contributed by atoms with Gasteiger partial charge in [0.05, 0.1) is 78.1 Å². The Balaban J connectivity index is 0.000000337. The van der Waals surface area contributed by atoms with Crippen molar-refractivity contribution in [1.29, 1.82) is 0 Å². The molecule has 9 rings (SSSR count). The van der Waals surface area contributed by atoms with Crippen LogP contribution in [0.15, 0.2) is 72.8 Å². The van der Waals surface area contributed by atoms with Gasteiger partial charge in [0.1, 0.15) is 59.1 Å². The number of amides is 6. The van der Waals surface area contributed by atoms with Crippen LogP contribution in [0, 0.1) is 30.3 Å². The molecule has 6 heterocycles. The molecule has 474 valence electrons. The number of aromatic nitrogens is 6. The smallest absolute Gasteiger partial charge is 0.444 e. The fourth-order valence-electron chi connectivity index (χ4n) is 9.84. The Kier molecular flexibility index (Phi) is 26.0. The number of alkyl halides is 2. The Morgan fingerprint density at radius 1 is 0.534 bits per heavy atom. The minimum absolute atomic E-state index is 0. The number of carbonyl (C=O) groups excluding carboxylic acids is 6. The molecule has 6 aromatic rings. The van der Waals surface area contributed by atoms with Crippen LogP contribution in [0.2, 0.25) is 0 Å². The van der Waals surface area contributed by atoms with E-state index in [0.29, 0.717) is 40.2 Å². The third-order valence-electron chi connectivity index (χ3n) is 13.3. The molecule has 88 heavy (non-hydrogen) atoms. The molecule has 0 aliphatic carbocycles. The summed E-state index contributed by atoms with van der Waals surface area (Å²) < 4.78 is 83.5. The maximum absolute atomic E-state index is 13.8. The number of fused-ring (bicyclic) bond motifs is 3. The fraction of sp³-hybridized carbons (Fsp3) is 0.443. The van der Waals surface area contributed by atoms with E-state index in [2.05, 4.69) is 15.3 Å². The number of rotatable bonds is 10. The molecular formula is C61H80F5KN12O9. The minimum Gasteiger partial charge on any atom is -0.444 e. The monoisotopic (exact) mass is 1260 g/mol. The number of nitrogens with two attached hydrogens (primary N) is 3. The van der Waals surface area contributed by atoms with Crippen LogP contribution in [0.4, 0.5) is 31.5 Å². The van der Waals surface area contributed by atoms with E-state index in [1.165, 1.54) is 83.3 Å². The van der Waals surface area contributed by atoms with E-state index in [9.17, 15) is 55.8 Å². The predicted molar refractivity (Wildman–Crippen MR) is 317 cm³/mol. The molecule has 3 aliphatic heterocycles. The molecule has 27 heteroatoms. The molecule has 0 fully saturated rings. The van der Waals surface area contributed by atoms with Crippen molar-refractivity contribution in [2.24, 2.45) is 22.6 Å². The molecule has 3 aromatic heterocycles. The van der Waals surface area contributed by atoms with Gasteiger partial charge in [0.15, 0.2) is 0 Å². The first-order valence-electron chi connectivity index (χ1n) is 26.8. The first-order chi connectivity index (χ1) is 39.3. The molecular weight excluding hydrogens is 1180 g/mol. The van der Waals surface area contributed by atoms with Gasteiger partial charge in [-0.25, -0.2) is 31.5 Å². The van der Waals surface area contributed by atoms with Crippen LogP contribution in [0.5, 0.6) is 0 Å². The van der Waals surface area contributed by atoms with Crippen LogP contribution >= 0.6 is 0 Å². The van der Waals surface area contributed by atoms with E-state index in [0.717, 1.165) is 0 Å². The van der Waals surface area contributed by atoms with Crippen LogP contribution in [0.3, 0.4) is 0 Å². The molecule has 0 radical (unpaired) electrons. The number of benzene rings is 3. The molecule has 3 aliphatic rings. The molecule has 0 spiro atoms. The molecule has 0 bridgehead atoms. The molecule has 3 atom stereocenters. The Hall–Kier alpha value is -7.04. The Morgan fingerprint density at radius 2 is 0.830 bits per heavy atom. The molecule has 3 unspecified atom stereocenters. The number of aliphatic hydroxyl groups is 1. The molecule has 3 aromatic carbocycles. The number of aliphatic hydroxyl groups excluding tert-OH is 1. The normalized spacial score (nSPS) is 15.9. The summed E-state index contributed by atoms with van der Waals surface area (Å²) >= 11 is 0. The van der Waals surface area contributed by atoms with Gasteiger partial charge in [-0.3, -0.25) is 33.2 Å². The molecule has 6 amide bonds. The predicted octanol–water partition coefficient (Wildman–Crippen LogP) is 6.93. The van der Waals surface area contributed by atoms with Gasteiger partial charge >= 0.3 is 63.6 Å². The van der Waals surface area contributed by atoms with Crippen molar-refractivity contribution in [3.8, 4) is 33.8 Å². The molecule has 0 saturated carbocycles. The van der Waals surface area contributed by atoms with Crippen LogP contribution in [0.25, 0.3) is 33.8 Å². The van der Waals surface area contributed by atoms with Crippen molar-refractivity contribution in [3.05, 3.63) is 131 Å². The van der Waals surface area contributed by atoms with Crippen molar-refractivity contribution in [2.75, 3.05) is 39.6 Å². The number of hydrogen-bond acceptors (Lipinski definition) is 12. The van der Waals surface area contributed by atoms with Gasteiger partial charge in [0.25, 0.3) is 17.7 Å².